The molecule has 0 aliphatic heterocycles. The molecule has 1 aromatic heterocycles. The third-order valence-corrected chi connectivity index (χ3v) is 5.35. The first-order valence-corrected chi connectivity index (χ1v) is 8.71. The van der Waals surface area contributed by atoms with Gasteiger partial charge in [-0.25, -0.2) is 18.1 Å². The molecule has 0 radical (unpaired) electrons. The zero-order valence-electron chi connectivity index (χ0n) is 12.4. The number of nitrogens with one attached hydrogen (secondary N) is 1. The molecule has 1 aromatic carbocycles. The summed E-state index contributed by atoms with van der Waals surface area (Å²) in [6.07, 6.45) is 1.34. The van der Waals surface area contributed by atoms with Crippen LogP contribution in [0.4, 0.5) is 0 Å². The van der Waals surface area contributed by atoms with Crippen molar-refractivity contribution in [3.63, 3.8) is 0 Å². The number of hydrogen-bond acceptors (Lipinski definition) is 6. The first-order valence-electron chi connectivity index (χ1n) is 6.41. The van der Waals surface area contributed by atoms with Crippen LogP contribution in [0.3, 0.4) is 0 Å². The molecule has 8 heteroatoms. The van der Waals surface area contributed by atoms with Gasteiger partial charge in [0.15, 0.2) is 0 Å². The van der Waals surface area contributed by atoms with Crippen molar-refractivity contribution in [3.05, 3.63) is 45.4 Å². The zero-order valence-corrected chi connectivity index (χ0v) is 14.0. The molecule has 2 rings (SSSR count). The number of amides is 1. The average molecular weight is 340 g/mol. The number of hydrogen-bond donors (Lipinski definition) is 1. The molecule has 0 unspecified atom stereocenters. The van der Waals surface area contributed by atoms with Crippen molar-refractivity contribution in [1.82, 2.24) is 9.71 Å². The van der Waals surface area contributed by atoms with Gasteiger partial charge in [0.25, 0.3) is 15.9 Å². The Balaban J connectivity index is 2.24. The van der Waals surface area contributed by atoms with E-state index in [9.17, 15) is 13.2 Å². The molecule has 22 heavy (non-hydrogen) atoms. The monoisotopic (exact) mass is 340 g/mol. The first kappa shape index (κ1) is 16.6. The van der Waals surface area contributed by atoms with Crippen LogP contribution in [0.15, 0.2) is 29.3 Å². The number of aromatic nitrogens is 1. The Morgan fingerprint density at radius 2 is 2.09 bits per heavy atom. The molecule has 0 saturated heterocycles. The second-order valence-electron chi connectivity index (χ2n) is 4.75. The van der Waals surface area contributed by atoms with E-state index in [1.165, 1.54) is 19.4 Å². The number of benzene rings is 1. The SMILES string of the molecule is COCc1ncc(C(=O)NS(=O)(=O)c2cc(C)ccc2C)s1. The summed E-state index contributed by atoms with van der Waals surface area (Å²) in [4.78, 5) is 16.4. The smallest absolute Gasteiger partial charge is 0.276 e. The van der Waals surface area contributed by atoms with Crippen LogP contribution in [0.5, 0.6) is 0 Å². The number of rotatable bonds is 5. The van der Waals surface area contributed by atoms with Crippen LogP contribution in [-0.4, -0.2) is 26.4 Å². The summed E-state index contributed by atoms with van der Waals surface area (Å²) in [6.45, 7) is 3.75. The van der Waals surface area contributed by atoms with E-state index in [2.05, 4.69) is 9.71 Å². The lowest BCUT2D eigenvalue weighted by Gasteiger charge is -2.09. The lowest BCUT2D eigenvalue weighted by atomic mass is 10.2. The maximum Gasteiger partial charge on any atom is 0.276 e. The summed E-state index contributed by atoms with van der Waals surface area (Å²) in [7, 11) is -2.40. The Morgan fingerprint density at radius 1 is 1.36 bits per heavy atom. The largest absolute Gasteiger partial charge is 0.378 e. The van der Waals surface area contributed by atoms with E-state index in [4.69, 9.17) is 4.74 Å². The lowest BCUT2D eigenvalue weighted by molar-refractivity contribution is 0.0985. The highest BCUT2D eigenvalue weighted by Crippen LogP contribution is 2.18. The first-order chi connectivity index (χ1) is 10.3. The molecule has 1 amide bonds. The highest BCUT2D eigenvalue weighted by atomic mass is 32.2. The van der Waals surface area contributed by atoms with Crippen molar-refractivity contribution >= 4 is 27.3 Å². The fourth-order valence-corrected chi connectivity index (χ4v) is 3.98. The predicted octanol–water partition coefficient (Wildman–Crippen LogP) is 2.03. The van der Waals surface area contributed by atoms with Gasteiger partial charge in [-0.3, -0.25) is 4.79 Å². The number of methoxy groups -OCH3 is 1. The molecule has 0 atom stereocenters. The van der Waals surface area contributed by atoms with Crippen LogP contribution in [0.1, 0.15) is 25.8 Å². The number of sulfonamides is 1. The van der Waals surface area contributed by atoms with Gasteiger partial charge < -0.3 is 4.74 Å². The number of ether oxygens (including phenoxy) is 1. The van der Waals surface area contributed by atoms with Crippen LogP contribution in [0.2, 0.25) is 0 Å². The normalized spacial score (nSPS) is 11.4. The van der Waals surface area contributed by atoms with Crippen LogP contribution < -0.4 is 4.72 Å². The average Bonchev–Trinajstić information content (AvgIpc) is 2.90. The van der Waals surface area contributed by atoms with Gasteiger partial charge in [0, 0.05) is 7.11 Å². The predicted molar refractivity (Wildman–Crippen MR) is 83.4 cm³/mol. The van der Waals surface area contributed by atoms with Crippen LogP contribution >= 0.6 is 11.3 Å². The summed E-state index contributed by atoms with van der Waals surface area (Å²) in [5.74, 6) is -0.694. The number of aryl methyl sites for hydroxylation is 2. The Kier molecular flexibility index (Phi) is 4.94. The van der Waals surface area contributed by atoms with Gasteiger partial charge in [-0.15, -0.1) is 11.3 Å². The van der Waals surface area contributed by atoms with Crippen LogP contribution in [0.25, 0.3) is 0 Å². The molecule has 0 aliphatic rings. The molecular formula is C14H16N2O4S2. The van der Waals surface area contributed by atoms with Gasteiger partial charge in [0.2, 0.25) is 0 Å². The van der Waals surface area contributed by atoms with E-state index >= 15 is 0 Å². The topological polar surface area (TPSA) is 85.4 Å². The van der Waals surface area contributed by atoms with E-state index in [-0.39, 0.29) is 16.4 Å². The molecule has 0 aliphatic carbocycles. The Labute approximate surface area is 133 Å². The van der Waals surface area contributed by atoms with Gasteiger partial charge in [-0.2, -0.15) is 0 Å². The molecule has 6 nitrogen and oxygen atoms in total. The molecule has 1 N–H and O–H groups in total. The van der Waals surface area contributed by atoms with Crippen molar-refractivity contribution in [2.75, 3.05) is 7.11 Å². The maximum absolute atomic E-state index is 12.3. The number of thiazole rings is 1. The van der Waals surface area contributed by atoms with Crippen molar-refractivity contribution < 1.29 is 17.9 Å². The highest BCUT2D eigenvalue weighted by Gasteiger charge is 2.22. The highest BCUT2D eigenvalue weighted by molar-refractivity contribution is 7.90. The van der Waals surface area contributed by atoms with E-state index in [1.807, 2.05) is 6.07 Å². The van der Waals surface area contributed by atoms with Crippen molar-refractivity contribution in [2.45, 2.75) is 25.3 Å². The van der Waals surface area contributed by atoms with Gasteiger partial charge >= 0.3 is 0 Å². The molecule has 0 fully saturated rings. The Bertz CT molecular complexity index is 797. The number of carbonyl (C=O) groups excluding carboxylic acids is 1. The Hall–Kier alpha value is -1.77. The number of carbonyl (C=O) groups is 1. The van der Waals surface area contributed by atoms with Gasteiger partial charge in [0.1, 0.15) is 9.88 Å². The standard InChI is InChI=1S/C14H16N2O4S2/c1-9-4-5-10(2)12(6-9)22(18,19)16-14(17)11-7-15-13(21-11)8-20-3/h4-7H,8H2,1-3H3,(H,16,17). The van der Waals surface area contributed by atoms with E-state index < -0.39 is 15.9 Å². The molecule has 0 bridgehead atoms. The molecule has 0 saturated carbocycles. The maximum atomic E-state index is 12.3. The Morgan fingerprint density at radius 3 is 2.77 bits per heavy atom. The van der Waals surface area contributed by atoms with Gasteiger partial charge in [-0.05, 0) is 31.0 Å². The van der Waals surface area contributed by atoms with Crippen LogP contribution in [-0.2, 0) is 21.4 Å². The minimum atomic E-state index is -3.92. The second kappa shape index (κ2) is 6.55. The van der Waals surface area contributed by atoms with E-state index in [0.29, 0.717) is 10.6 Å². The third kappa shape index (κ3) is 3.70. The lowest BCUT2D eigenvalue weighted by Crippen LogP contribution is -2.30. The van der Waals surface area contributed by atoms with E-state index in [1.54, 1.807) is 19.9 Å². The van der Waals surface area contributed by atoms with Gasteiger partial charge in [0.05, 0.1) is 17.7 Å². The molecule has 118 valence electrons. The zero-order chi connectivity index (χ0) is 16.3. The summed E-state index contributed by atoms with van der Waals surface area (Å²) < 4.78 is 31.7. The third-order valence-electron chi connectivity index (χ3n) is 2.91. The number of nitrogens with zero attached hydrogens (tertiary/aromatic N) is 1. The van der Waals surface area contributed by atoms with E-state index in [0.717, 1.165) is 16.9 Å². The summed E-state index contributed by atoms with van der Waals surface area (Å²) in [6, 6.07) is 5.06. The molecule has 1 heterocycles. The van der Waals surface area contributed by atoms with Crippen molar-refractivity contribution in [2.24, 2.45) is 0 Å². The minimum absolute atomic E-state index is 0.0995. The summed E-state index contributed by atoms with van der Waals surface area (Å²) in [5.41, 5.74) is 1.38. The minimum Gasteiger partial charge on any atom is -0.378 e. The van der Waals surface area contributed by atoms with Gasteiger partial charge in [-0.1, -0.05) is 12.1 Å². The molecule has 2 aromatic rings. The van der Waals surface area contributed by atoms with Crippen LogP contribution in [0, 0.1) is 13.8 Å². The fraction of sp³-hybridized carbons (Fsp3) is 0.286. The fourth-order valence-electron chi connectivity index (χ4n) is 1.83. The molecule has 0 spiro atoms. The summed E-state index contributed by atoms with van der Waals surface area (Å²) in [5, 5.41) is 0.608. The molecular weight excluding hydrogens is 324 g/mol. The van der Waals surface area contributed by atoms with Crippen molar-refractivity contribution in [3.8, 4) is 0 Å². The quantitative estimate of drug-likeness (QED) is 0.900. The summed E-state index contributed by atoms with van der Waals surface area (Å²) >= 11 is 1.10. The van der Waals surface area contributed by atoms with Crippen molar-refractivity contribution in [1.29, 1.82) is 0 Å². The second-order valence-corrected chi connectivity index (χ2v) is 7.52.